The summed E-state index contributed by atoms with van der Waals surface area (Å²) in [6.07, 6.45) is 1.68. The molecule has 1 aliphatic rings. The number of carbonyl (C=O) groups is 1. The predicted octanol–water partition coefficient (Wildman–Crippen LogP) is 3.12. The number of rotatable bonds is 5. The average Bonchev–Trinajstić information content (AvgIpc) is 3.12. The lowest BCUT2D eigenvalue weighted by atomic mass is 10.0. The number of aromatic nitrogens is 3. The number of likely N-dealkylation sites (N-methyl/N-ethyl adjacent to an activating group) is 1. The van der Waals surface area contributed by atoms with Crippen LogP contribution in [-0.2, 0) is 18.3 Å². The van der Waals surface area contributed by atoms with Gasteiger partial charge in [0.1, 0.15) is 5.82 Å². The number of hydrogen-bond donors (Lipinski definition) is 1. The quantitative estimate of drug-likeness (QED) is 0.463. The van der Waals surface area contributed by atoms with Crippen molar-refractivity contribution in [2.75, 3.05) is 52.3 Å². The molecule has 188 valence electrons. The van der Waals surface area contributed by atoms with Crippen molar-refractivity contribution in [1.82, 2.24) is 23.9 Å². The van der Waals surface area contributed by atoms with Gasteiger partial charge in [-0.25, -0.2) is 14.0 Å². The van der Waals surface area contributed by atoms with Crippen molar-refractivity contribution in [3.63, 3.8) is 0 Å². The van der Waals surface area contributed by atoms with Gasteiger partial charge in [0.2, 0.25) is 0 Å². The molecule has 0 unspecified atom stereocenters. The zero-order valence-corrected chi connectivity index (χ0v) is 20.6. The summed E-state index contributed by atoms with van der Waals surface area (Å²) in [5.41, 5.74) is 3.44. The number of urea groups is 1. The molecule has 36 heavy (non-hydrogen) atoms. The van der Waals surface area contributed by atoms with Gasteiger partial charge in [0.15, 0.2) is 0 Å². The number of amides is 2. The van der Waals surface area contributed by atoms with Crippen LogP contribution in [0.25, 0.3) is 33.1 Å². The van der Waals surface area contributed by atoms with Crippen LogP contribution >= 0.6 is 0 Å². The van der Waals surface area contributed by atoms with Crippen molar-refractivity contribution in [2.45, 2.75) is 6.54 Å². The van der Waals surface area contributed by atoms with Crippen LogP contribution in [0, 0.1) is 5.82 Å². The van der Waals surface area contributed by atoms with Crippen molar-refractivity contribution < 1.29 is 13.9 Å². The summed E-state index contributed by atoms with van der Waals surface area (Å²) in [5.74, 6) is -0.449. The van der Waals surface area contributed by atoms with Crippen molar-refractivity contribution in [3.05, 3.63) is 58.9 Å². The molecular weight excluding hydrogens is 463 g/mol. The monoisotopic (exact) mass is 492 g/mol. The van der Waals surface area contributed by atoms with E-state index in [4.69, 9.17) is 4.74 Å². The summed E-state index contributed by atoms with van der Waals surface area (Å²) in [4.78, 5) is 33.8. The van der Waals surface area contributed by atoms with E-state index in [-0.39, 0.29) is 11.7 Å². The molecule has 0 aliphatic carbocycles. The number of halogens is 1. The summed E-state index contributed by atoms with van der Waals surface area (Å²) in [7, 11) is 5.32. The third-order valence-corrected chi connectivity index (χ3v) is 6.81. The molecule has 0 bridgehead atoms. The molecule has 2 aromatic heterocycles. The molecule has 2 aromatic carbocycles. The minimum absolute atomic E-state index is 0.159. The summed E-state index contributed by atoms with van der Waals surface area (Å²) >= 11 is 0. The third-order valence-electron chi connectivity index (χ3n) is 6.81. The van der Waals surface area contributed by atoms with Crippen LogP contribution in [0.5, 0.6) is 0 Å². The highest BCUT2D eigenvalue weighted by atomic mass is 19.1. The summed E-state index contributed by atoms with van der Waals surface area (Å²) in [5, 5.41) is 3.56. The number of nitrogens with one attached hydrogen (secondary N) is 1. The first-order valence-corrected chi connectivity index (χ1v) is 11.9. The number of aryl methyl sites for hydroxylation is 1. The molecule has 0 spiro atoms. The number of pyridine rings is 1. The van der Waals surface area contributed by atoms with Crippen LogP contribution in [0.3, 0.4) is 0 Å². The minimum atomic E-state index is -0.449. The standard InChI is InChI=1S/C26H29FN6O3/c1-30-8-10-32(11-9-30)25(34)29-18-5-6-19(21(27)15-18)17-4-7-22-20(14-17)24-23(16-28-22)31(2)26(35)33(24)12-13-36-3/h4-7,14-16H,8-13H2,1-3H3,(H,29,34). The Kier molecular flexibility index (Phi) is 6.46. The van der Waals surface area contributed by atoms with Crippen LogP contribution in [0.1, 0.15) is 0 Å². The molecule has 0 saturated carbocycles. The van der Waals surface area contributed by atoms with Crippen LogP contribution < -0.4 is 11.0 Å². The van der Waals surface area contributed by atoms with E-state index in [1.807, 2.05) is 25.2 Å². The topological polar surface area (TPSA) is 84.6 Å². The largest absolute Gasteiger partial charge is 0.383 e. The second-order valence-corrected chi connectivity index (χ2v) is 9.13. The Hall–Kier alpha value is -3.76. The minimum Gasteiger partial charge on any atom is -0.383 e. The molecule has 1 aliphatic heterocycles. The maximum absolute atomic E-state index is 15.2. The van der Waals surface area contributed by atoms with E-state index in [1.54, 1.807) is 46.5 Å². The molecule has 9 nitrogen and oxygen atoms in total. The number of fused-ring (bicyclic) bond motifs is 3. The Morgan fingerprint density at radius 3 is 2.61 bits per heavy atom. The van der Waals surface area contributed by atoms with Crippen LogP contribution in [0.15, 0.2) is 47.4 Å². The molecule has 1 N–H and O–H groups in total. The molecule has 2 amide bonds. The smallest absolute Gasteiger partial charge is 0.328 e. The van der Waals surface area contributed by atoms with Gasteiger partial charge >= 0.3 is 11.7 Å². The van der Waals surface area contributed by atoms with Crippen LogP contribution in [0.4, 0.5) is 14.9 Å². The molecule has 10 heteroatoms. The predicted molar refractivity (Wildman–Crippen MR) is 138 cm³/mol. The first kappa shape index (κ1) is 24.0. The Morgan fingerprint density at radius 2 is 1.89 bits per heavy atom. The number of piperazine rings is 1. The van der Waals surface area contributed by atoms with Gasteiger partial charge in [0.05, 0.1) is 35.9 Å². The van der Waals surface area contributed by atoms with E-state index >= 15 is 4.39 Å². The molecule has 0 atom stereocenters. The van der Waals surface area contributed by atoms with Crippen molar-refractivity contribution in [2.24, 2.45) is 7.05 Å². The molecular formula is C26H29FN6O3. The van der Waals surface area contributed by atoms with Gasteiger partial charge in [-0.1, -0.05) is 6.07 Å². The second kappa shape index (κ2) is 9.71. The molecule has 1 fully saturated rings. The highest BCUT2D eigenvalue weighted by Gasteiger charge is 2.20. The Morgan fingerprint density at radius 1 is 1.11 bits per heavy atom. The highest BCUT2D eigenvalue weighted by molar-refractivity contribution is 6.04. The van der Waals surface area contributed by atoms with E-state index in [2.05, 4.69) is 15.2 Å². The van der Waals surface area contributed by atoms with E-state index in [1.165, 1.54) is 6.07 Å². The number of anilines is 1. The van der Waals surface area contributed by atoms with Crippen LogP contribution in [-0.4, -0.2) is 76.9 Å². The molecule has 3 heterocycles. The van der Waals surface area contributed by atoms with E-state index < -0.39 is 5.82 Å². The lowest BCUT2D eigenvalue weighted by Gasteiger charge is -2.32. The zero-order chi connectivity index (χ0) is 25.4. The number of imidazole rings is 1. The summed E-state index contributed by atoms with van der Waals surface area (Å²) < 4.78 is 23.7. The number of benzene rings is 2. The average molecular weight is 493 g/mol. The van der Waals surface area contributed by atoms with Gasteiger partial charge < -0.3 is 19.9 Å². The number of hydrogen-bond acceptors (Lipinski definition) is 5. The lowest BCUT2D eigenvalue weighted by molar-refractivity contribution is 0.164. The SMILES string of the molecule is COCCn1c(=O)n(C)c2cnc3ccc(-c4ccc(NC(=O)N5CCN(C)CC5)cc4F)cc3c21. The maximum Gasteiger partial charge on any atom is 0.328 e. The van der Waals surface area contributed by atoms with Crippen molar-refractivity contribution in [3.8, 4) is 11.1 Å². The fraction of sp³-hybridized carbons (Fsp3) is 0.346. The lowest BCUT2D eigenvalue weighted by Crippen LogP contribution is -2.48. The zero-order valence-electron chi connectivity index (χ0n) is 20.6. The Balaban J connectivity index is 1.49. The molecule has 4 aromatic rings. The van der Waals surface area contributed by atoms with Crippen LogP contribution in [0.2, 0.25) is 0 Å². The van der Waals surface area contributed by atoms with Gasteiger partial charge in [-0.05, 0) is 42.9 Å². The fourth-order valence-corrected chi connectivity index (χ4v) is 4.67. The first-order chi connectivity index (χ1) is 17.4. The molecule has 0 radical (unpaired) electrons. The van der Waals surface area contributed by atoms with E-state index in [9.17, 15) is 9.59 Å². The fourth-order valence-electron chi connectivity index (χ4n) is 4.67. The summed E-state index contributed by atoms with van der Waals surface area (Å²) in [6, 6.07) is 9.96. The third kappa shape index (κ3) is 4.33. The van der Waals surface area contributed by atoms with E-state index in [0.29, 0.717) is 54.1 Å². The Bertz CT molecular complexity index is 1500. The molecule has 5 rings (SSSR count). The first-order valence-electron chi connectivity index (χ1n) is 11.9. The highest BCUT2D eigenvalue weighted by Crippen LogP contribution is 2.31. The van der Waals surface area contributed by atoms with Gasteiger partial charge in [0.25, 0.3) is 0 Å². The van der Waals surface area contributed by atoms with Crippen molar-refractivity contribution in [1.29, 1.82) is 0 Å². The number of carbonyl (C=O) groups excluding carboxylic acids is 1. The summed E-state index contributed by atoms with van der Waals surface area (Å²) in [6.45, 7) is 3.68. The number of nitrogens with zero attached hydrogens (tertiary/aromatic N) is 5. The molecule has 1 saturated heterocycles. The van der Waals surface area contributed by atoms with Gasteiger partial charge in [-0.3, -0.25) is 14.1 Å². The normalized spacial score (nSPS) is 14.6. The van der Waals surface area contributed by atoms with E-state index in [0.717, 1.165) is 24.0 Å². The number of ether oxygens (including phenoxy) is 1. The van der Waals surface area contributed by atoms with Gasteiger partial charge in [-0.15, -0.1) is 0 Å². The van der Waals surface area contributed by atoms with Gasteiger partial charge in [0, 0.05) is 57.0 Å². The second-order valence-electron chi connectivity index (χ2n) is 9.13. The Labute approximate surface area is 207 Å². The number of methoxy groups -OCH3 is 1. The maximum atomic E-state index is 15.2. The van der Waals surface area contributed by atoms with Crippen molar-refractivity contribution >= 4 is 33.7 Å². The van der Waals surface area contributed by atoms with Gasteiger partial charge in [-0.2, -0.15) is 0 Å².